The predicted molar refractivity (Wildman–Crippen MR) is 161 cm³/mol. The molecular formula is C34H36N4+2. The van der Waals surface area contributed by atoms with Crippen molar-refractivity contribution in [1.29, 1.82) is 0 Å². The van der Waals surface area contributed by atoms with Crippen LogP contribution in [0.15, 0.2) is 97.1 Å². The van der Waals surface area contributed by atoms with E-state index in [2.05, 4.69) is 117 Å². The number of anilines is 2. The molecule has 4 aromatic carbocycles. The van der Waals surface area contributed by atoms with E-state index in [1.807, 2.05) is 14.1 Å². The second kappa shape index (κ2) is 10.7. The first-order valence-electron chi connectivity index (χ1n) is 13.8. The van der Waals surface area contributed by atoms with Gasteiger partial charge < -0.3 is 10.6 Å². The molecule has 2 heterocycles. The van der Waals surface area contributed by atoms with Gasteiger partial charge in [0.1, 0.15) is 13.1 Å². The van der Waals surface area contributed by atoms with Crippen LogP contribution in [-0.2, 0) is 13.1 Å². The number of para-hydroxylation sites is 4. The van der Waals surface area contributed by atoms with E-state index in [0.29, 0.717) is 0 Å². The standard InChI is InChI=1S/C34H34N4/c1-35-33-25-15-5-9-19-29(25)37(30-20-10-6-16-26(30)33)23-13-3-4-14-24-38-31-21-11-7-17-27(31)34(36-2)28-18-8-12-22-32(28)38/h5-12,15-22H,3-4,13-14,23-24H2,1-2H3/p+2. The molecule has 0 aliphatic heterocycles. The molecule has 0 amide bonds. The first kappa shape index (κ1) is 24.2. The highest BCUT2D eigenvalue weighted by Crippen LogP contribution is 2.30. The largest absolute Gasteiger partial charge is 0.387 e. The Labute approximate surface area is 224 Å². The Balaban J connectivity index is 1.20. The monoisotopic (exact) mass is 500 g/mol. The summed E-state index contributed by atoms with van der Waals surface area (Å²) in [7, 11) is 4.05. The van der Waals surface area contributed by atoms with Crippen LogP contribution >= 0.6 is 0 Å². The van der Waals surface area contributed by atoms with Crippen molar-refractivity contribution >= 4 is 55.0 Å². The molecule has 0 unspecified atom stereocenters. The van der Waals surface area contributed by atoms with Crippen molar-refractivity contribution in [3.8, 4) is 0 Å². The molecule has 190 valence electrons. The van der Waals surface area contributed by atoms with Gasteiger partial charge in [-0.15, -0.1) is 0 Å². The van der Waals surface area contributed by atoms with E-state index in [4.69, 9.17) is 0 Å². The number of fused-ring (bicyclic) bond motifs is 4. The smallest absolute Gasteiger partial charge is 0.215 e. The summed E-state index contributed by atoms with van der Waals surface area (Å²) in [5.41, 5.74) is 7.63. The maximum Gasteiger partial charge on any atom is 0.215 e. The average Bonchev–Trinajstić information content (AvgIpc) is 2.98. The van der Waals surface area contributed by atoms with Crippen LogP contribution in [0.4, 0.5) is 11.4 Å². The van der Waals surface area contributed by atoms with Gasteiger partial charge in [-0.05, 0) is 37.1 Å². The third-order valence-electron chi connectivity index (χ3n) is 7.87. The molecule has 2 N–H and O–H groups in total. The summed E-state index contributed by atoms with van der Waals surface area (Å²) in [5.74, 6) is 0. The normalized spacial score (nSPS) is 11.5. The molecule has 0 saturated carbocycles. The van der Waals surface area contributed by atoms with Gasteiger partial charge in [0.2, 0.25) is 22.1 Å². The number of benzene rings is 4. The molecule has 4 nitrogen and oxygen atoms in total. The summed E-state index contributed by atoms with van der Waals surface area (Å²) >= 11 is 0. The maximum absolute atomic E-state index is 3.45. The average molecular weight is 501 g/mol. The van der Waals surface area contributed by atoms with Gasteiger partial charge in [0.05, 0.1) is 32.9 Å². The lowest BCUT2D eigenvalue weighted by molar-refractivity contribution is -0.647. The number of aryl methyl sites for hydroxylation is 2. The Morgan fingerprint density at radius 3 is 1.00 bits per heavy atom. The van der Waals surface area contributed by atoms with Gasteiger partial charge in [-0.25, -0.2) is 0 Å². The number of aromatic nitrogens is 2. The van der Waals surface area contributed by atoms with Crippen LogP contribution in [0.1, 0.15) is 25.7 Å². The fraction of sp³-hybridized carbons (Fsp3) is 0.235. The minimum atomic E-state index is 1.03. The van der Waals surface area contributed by atoms with Crippen molar-refractivity contribution in [2.75, 3.05) is 24.7 Å². The lowest BCUT2D eigenvalue weighted by Gasteiger charge is -2.12. The number of hydrogen-bond donors (Lipinski definition) is 2. The number of hydrogen-bond acceptors (Lipinski definition) is 2. The maximum atomic E-state index is 3.45. The summed E-state index contributed by atoms with van der Waals surface area (Å²) < 4.78 is 5.02. The molecule has 0 spiro atoms. The van der Waals surface area contributed by atoms with Gasteiger partial charge in [0.25, 0.3) is 0 Å². The van der Waals surface area contributed by atoms with Crippen LogP contribution < -0.4 is 19.8 Å². The Bertz CT molecular complexity index is 1510. The van der Waals surface area contributed by atoms with E-state index in [-0.39, 0.29) is 0 Å². The molecule has 2 aromatic heterocycles. The Hall–Kier alpha value is -4.18. The van der Waals surface area contributed by atoms with Crippen LogP contribution in [0.25, 0.3) is 43.6 Å². The molecule has 0 radical (unpaired) electrons. The molecule has 0 atom stereocenters. The lowest BCUT2D eigenvalue weighted by atomic mass is 10.1. The van der Waals surface area contributed by atoms with E-state index in [1.165, 1.54) is 80.7 Å². The third kappa shape index (κ3) is 4.20. The van der Waals surface area contributed by atoms with E-state index >= 15 is 0 Å². The summed E-state index contributed by atoms with van der Waals surface area (Å²) in [6, 6.07) is 35.1. The van der Waals surface area contributed by atoms with Gasteiger partial charge in [-0.2, -0.15) is 9.13 Å². The second-order valence-electron chi connectivity index (χ2n) is 10.0. The highest BCUT2D eigenvalue weighted by Gasteiger charge is 2.20. The number of unbranched alkanes of at least 4 members (excludes halogenated alkanes) is 3. The van der Waals surface area contributed by atoms with Crippen LogP contribution in [0, 0.1) is 0 Å². The number of rotatable bonds is 9. The van der Waals surface area contributed by atoms with Crippen LogP contribution in [0.3, 0.4) is 0 Å². The summed E-state index contributed by atoms with van der Waals surface area (Å²) in [5, 5.41) is 12.0. The summed E-state index contributed by atoms with van der Waals surface area (Å²) in [4.78, 5) is 0. The van der Waals surface area contributed by atoms with Crippen molar-refractivity contribution in [2.45, 2.75) is 38.8 Å². The first-order chi connectivity index (χ1) is 18.8. The Kier molecular flexibility index (Phi) is 6.78. The molecule has 38 heavy (non-hydrogen) atoms. The van der Waals surface area contributed by atoms with E-state index in [1.54, 1.807) is 0 Å². The molecule has 0 aliphatic rings. The number of nitrogens with zero attached hydrogens (tertiary/aromatic N) is 2. The quantitative estimate of drug-likeness (QED) is 0.125. The number of pyridine rings is 2. The van der Waals surface area contributed by atoms with Crippen LogP contribution in [-0.4, -0.2) is 14.1 Å². The van der Waals surface area contributed by atoms with Crippen molar-refractivity contribution < 1.29 is 9.13 Å². The highest BCUT2D eigenvalue weighted by atomic mass is 15.0. The summed E-state index contributed by atoms with van der Waals surface area (Å²) in [6.45, 7) is 2.06. The Morgan fingerprint density at radius 2 is 0.711 bits per heavy atom. The zero-order valence-electron chi connectivity index (χ0n) is 22.4. The zero-order chi connectivity index (χ0) is 25.9. The van der Waals surface area contributed by atoms with E-state index in [0.717, 1.165) is 13.1 Å². The van der Waals surface area contributed by atoms with E-state index < -0.39 is 0 Å². The van der Waals surface area contributed by atoms with Gasteiger partial charge in [0.15, 0.2) is 0 Å². The van der Waals surface area contributed by atoms with Crippen LogP contribution in [0.5, 0.6) is 0 Å². The molecule has 0 bridgehead atoms. The third-order valence-corrected chi connectivity index (χ3v) is 7.87. The molecule has 0 fully saturated rings. The minimum absolute atomic E-state index is 1.03. The van der Waals surface area contributed by atoms with Crippen molar-refractivity contribution in [1.82, 2.24) is 0 Å². The molecule has 6 rings (SSSR count). The first-order valence-corrected chi connectivity index (χ1v) is 13.8. The topological polar surface area (TPSA) is 31.8 Å². The van der Waals surface area contributed by atoms with Crippen molar-refractivity contribution in [3.05, 3.63) is 97.1 Å². The molecule has 0 aliphatic carbocycles. The SMILES string of the molecule is CNc1c2ccccc2[n+](CCCCCC[n+]2c3ccccc3c(NC)c3ccccc32)c2ccccc12. The lowest BCUT2D eigenvalue weighted by Crippen LogP contribution is -2.36. The van der Waals surface area contributed by atoms with Gasteiger partial charge in [-0.1, -0.05) is 48.5 Å². The fourth-order valence-electron chi connectivity index (χ4n) is 6.15. The van der Waals surface area contributed by atoms with Gasteiger partial charge in [0, 0.05) is 51.2 Å². The van der Waals surface area contributed by atoms with E-state index in [9.17, 15) is 0 Å². The van der Waals surface area contributed by atoms with Gasteiger partial charge in [-0.3, -0.25) is 0 Å². The molecular weight excluding hydrogens is 464 g/mol. The highest BCUT2D eigenvalue weighted by molar-refractivity contribution is 6.05. The Morgan fingerprint density at radius 1 is 0.421 bits per heavy atom. The molecule has 0 saturated heterocycles. The second-order valence-corrected chi connectivity index (χ2v) is 10.0. The van der Waals surface area contributed by atoms with Gasteiger partial charge >= 0.3 is 0 Å². The fourth-order valence-corrected chi connectivity index (χ4v) is 6.15. The van der Waals surface area contributed by atoms with Crippen molar-refractivity contribution in [2.24, 2.45) is 0 Å². The predicted octanol–water partition coefficient (Wildman–Crippen LogP) is 7.22. The number of nitrogens with one attached hydrogen (secondary N) is 2. The minimum Gasteiger partial charge on any atom is -0.387 e. The summed E-state index contributed by atoms with van der Waals surface area (Å²) in [6.07, 6.45) is 4.77. The zero-order valence-corrected chi connectivity index (χ0v) is 22.4. The van der Waals surface area contributed by atoms with Crippen molar-refractivity contribution in [3.63, 3.8) is 0 Å². The van der Waals surface area contributed by atoms with Crippen LogP contribution in [0.2, 0.25) is 0 Å². The molecule has 4 heteroatoms. The molecule has 6 aromatic rings.